The van der Waals surface area contributed by atoms with Crippen LogP contribution in [0.3, 0.4) is 0 Å². The maximum absolute atomic E-state index is 11.2. The Morgan fingerprint density at radius 3 is 2.62 bits per heavy atom. The van der Waals surface area contributed by atoms with Gasteiger partial charge in [-0.2, -0.15) is 5.10 Å². The number of nitrogens with two attached hydrogens (primary N) is 1. The van der Waals surface area contributed by atoms with Crippen molar-refractivity contribution >= 4 is 17.4 Å². The van der Waals surface area contributed by atoms with Crippen molar-refractivity contribution in [2.75, 3.05) is 18.4 Å². The number of aliphatic imine (C=N–C) groups is 1. The number of aliphatic hydroxyl groups excluding tert-OH is 1. The van der Waals surface area contributed by atoms with Gasteiger partial charge < -0.3 is 26.4 Å². The van der Waals surface area contributed by atoms with Crippen molar-refractivity contribution in [1.29, 1.82) is 0 Å². The molecule has 1 spiro atoms. The number of piperidine rings is 1. The third-order valence-corrected chi connectivity index (χ3v) is 8.93. The van der Waals surface area contributed by atoms with E-state index in [0.29, 0.717) is 17.3 Å². The Bertz CT molecular complexity index is 1440. The van der Waals surface area contributed by atoms with Gasteiger partial charge in [0.15, 0.2) is 12.0 Å². The van der Waals surface area contributed by atoms with Crippen LogP contribution in [-0.4, -0.2) is 39.3 Å². The number of anilines is 1. The van der Waals surface area contributed by atoms with Gasteiger partial charge in [0.2, 0.25) is 5.96 Å². The number of aliphatic hydroxyl groups is 1. The largest absolute Gasteiger partial charge is 0.381 e. The van der Waals surface area contributed by atoms with Crippen molar-refractivity contribution in [2.24, 2.45) is 16.1 Å². The molecule has 0 bridgehead atoms. The van der Waals surface area contributed by atoms with Crippen molar-refractivity contribution < 1.29 is 5.11 Å². The molecule has 1 aromatic heterocycles. The van der Waals surface area contributed by atoms with E-state index >= 15 is 0 Å². The standard InChI is InChI=1S/C29H33N7O/c1-28(2)21-10-6-5-9-19(21)20(16-31-28)23-22-25(35-34-23)32-27(33-26(22)37)36-13-11-29(12-14-36)15-17-7-3-4-8-18(17)24(29)30/h3-10,16,24,26,31,37H,11-15,30H2,1-2H3,(H2,32,33,34,35)/t24-,26?/m1/s1. The van der Waals surface area contributed by atoms with E-state index in [1.54, 1.807) is 0 Å². The molecular weight excluding hydrogens is 462 g/mol. The second-order valence-corrected chi connectivity index (χ2v) is 11.4. The highest BCUT2D eigenvalue weighted by molar-refractivity contribution is 5.97. The van der Waals surface area contributed by atoms with Crippen LogP contribution >= 0.6 is 0 Å². The first kappa shape index (κ1) is 22.6. The molecule has 6 N–H and O–H groups in total. The fourth-order valence-corrected chi connectivity index (χ4v) is 6.73. The molecule has 0 amide bonds. The minimum atomic E-state index is -1.00. The molecule has 1 fully saturated rings. The van der Waals surface area contributed by atoms with E-state index in [1.807, 2.05) is 12.3 Å². The fraction of sp³-hybridized carbons (Fsp3) is 0.379. The lowest BCUT2D eigenvalue weighted by molar-refractivity contribution is 0.124. The second-order valence-electron chi connectivity index (χ2n) is 11.4. The van der Waals surface area contributed by atoms with Crippen LogP contribution in [0, 0.1) is 5.41 Å². The lowest BCUT2D eigenvalue weighted by Gasteiger charge is -2.43. The van der Waals surface area contributed by atoms with Crippen LogP contribution in [0.4, 0.5) is 5.82 Å². The van der Waals surface area contributed by atoms with Gasteiger partial charge in [-0.1, -0.05) is 48.5 Å². The Morgan fingerprint density at radius 2 is 1.81 bits per heavy atom. The number of nitrogens with zero attached hydrogens (tertiary/aromatic N) is 3. The Hall–Kier alpha value is -3.62. The molecule has 4 aliphatic rings. The normalized spacial score (nSPS) is 24.8. The van der Waals surface area contributed by atoms with Gasteiger partial charge in [-0.3, -0.25) is 5.10 Å². The van der Waals surface area contributed by atoms with Crippen molar-refractivity contribution in [3.05, 3.63) is 88.2 Å². The summed E-state index contributed by atoms with van der Waals surface area (Å²) in [5, 5.41) is 25.8. The number of aromatic amines is 1. The third kappa shape index (κ3) is 3.35. The zero-order chi connectivity index (χ0) is 25.4. The minimum absolute atomic E-state index is 0.0726. The number of nitrogens with one attached hydrogen (secondary N) is 3. The summed E-state index contributed by atoms with van der Waals surface area (Å²) in [4.78, 5) is 6.90. The predicted molar refractivity (Wildman–Crippen MR) is 145 cm³/mol. The summed E-state index contributed by atoms with van der Waals surface area (Å²) in [5.74, 6) is 1.30. The molecule has 3 aromatic rings. The first-order valence-electron chi connectivity index (χ1n) is 13.1. The summed E-state index contributed by atoms with van der Waals surface area (Å²) in [7, 11) is 0. The van der Waals surface area contributed by atoms with E-state index in [-0.39, 0.29) is 17.0 Å². The molecule has 1 saturated heterocycles. The van der Waals surface area contributed by atoms with Crippen LogP contribution < -0.4 is 16.4 Å². The molecular formula is C29H33N7O. The predicted octanol–water partition coefficient (Wildman–Crippen LogP) is 3.75. The lowest BCUT2D eigenvalue weighted by Crippen LogP contribution is -2.49. The fourth-order valence-electron chi connectivity index (χ4n) is 6.73. The number of likely N-dealkylation sites (tertiary alicyclic amines) is 1. The van der Waals surface area contributed by atoms with Crippen LogP contribution in [0.1, 0.15) is 72.5 Å². The van der Waals surface area contributed by atoms with Crippen LogP contribution in [0.15, 0.2) is 59.7 Å². The molecule has 190 valence electrons. The van der Waals surface area contributed by atoms with Gasteiger partial charge in [0.1, 0.15) is 0 Å². The van der Waals surface area contributed by atoms with Gasteiger partial charge in [0, 0.05) is 30.9 Å². The van der Waals surface area contributed by atoms with Crippen LogP contribution in [-0.2, 0) is 12.0 Å². The average molecular weight is 496 g/mol. The van der Waals surface area contributed by atoms with E-state index in [1.165, 1.54) is 16.7 Å². The number of H-pyrrole nitrogens is 1. The van der Waals surface area contributed by atoms with Crippen molar-refractivity contribution in [2.45, 2.75) is 50.9 Å². The molecule has 2 aromatic carbocycles. The molecule has 8 nitrogen and oxygen atoms in total. The van der Waals surface area contributed by atoms with Gasteiger partial charge >= 0.3 is 0 Å². The molecule has 3 aliphatic heterocycles. The summed E-state index contributed by atoms with van der Waals surface area (Å²) < 4.78 is 0. The van der Waals surface area contributed by atoms with Gasteiger partial charge in [-0.15, -0.1) is 0 Å². The summed E-state index contributed by atoms with van der Waals surface area (Å²) in [6, 6.07) is 17.0. The van der Waals surface area contributed by atoms with Crippen molar-refractivity contribution in [1.82, 2.24) is 20.4 Å². The smallest absolute Gasteiger partial charge is 0.202 e. The zero-order valence-corrected chi connectivity index (χ0v) is 21.3. The van der Waals surface area contributed by atoms with Gasteiger partial charge in [0.05, 0.1) is 16.8 Å². The molecule has 0 radical (unpaired) electrons. The van der Waals surface area contributed by atoms with E-state index in [9.17, 15) is 5.11 Å². The average Bonchev–Trinajstić information content (AvgIpc) is 3.44. The molecule has 37 heavy (non-hydrogen) atoms. The van der Waals surface area contributed by atoms with Crippen molar-refractivity contribution in [3.63, 3.8) is 0 Å². The quantitative estimate of drug-likeness (QED) is 0.351. The molecule has 1 unspecified atom stereocenters. The lowest BCUT2D eigenvalue weighted by atomic mass is 9.73. The SMILES string of the molecule is CC1(C)NC=C(c2[nH]nc3c2C(O)N=C(N2CCC4(CC2)Cc2ccccc2[C@H]4N)N3)c2ccccc21. The van der Waals surface area contributed by atoms with Gasteiger partial charge in [0.25, 0.3) is 0 Å². The maximum atomic E-state index is 11.2. The monoisotopic (exact) mass is 495 g/mol. The van der Waals surface area contributed by atoms with E-state index in [0.717, 1.165) is 49.2 Å². The molecule has 4 heterocycles. The number of benzene rings is 2. The van der Waals surface area contributed by atoms with Crippen LogP contribution in [0.25, 0.3) is 5.57 Å². The highest BCUT2D eigenvalue weighted by atomic mass is 16.3. The highest BCUT2D eigenvalue weighted by Crippen LogP contribution is 2.51. The Labute approximate surface area is 216 Å². The first-order chi connectivity index (χ1) is 17.9. The van der Waals surface area contributed by atoms with E-state index in [2.05, 4.69) is 87.0 Å². The van der Waals surface area contributed by atoms with E-state index in [4.69, 9.17) is 5.73 Å². The van der Waals surface area contributed by atoms with Gasteiger partial charge in [-0.05, 0) is 60.8 Å². The molecule has 1 aliphatic carbocycles. The first-order valence-corrected chi connectivity index (χ1v) is 13.1. The third-order valence-electron chi connectivity index (χ3n) is 8.93. The minimum Gasteiger partial charge on any atom is -0.381 e. The molecule has 7 rings (SSSR count). The van der Waals surface area contributed by atoms with Gasteiger partial charge in [-0.25, -0.2) is 4.99 Å². The zero-order valence-electron chi connectivity index (χ0n) is 21.3. The summed E-state index contributed by atoms with van der Waals surface area (Å²) >= 11 is 0. The molecule has 2 atom stereocenters. The van der Waals surface area contributed by atoms with Crippen molar-refractivity contribution in [3.8, 4) is 0 Å². The van der Waals surface area contributed by atoms with Crippen LogP contribution in [0.2, 0.25) is 0 Å². The number of rotatable bonds is 1. The molecule has 0 saturated carbocycles. The topological polar surface area (TPSA) is 115 Å². The number of guanidine groups is 1. The van der Waals surface area contributed by atoms with Crippen LogP contribution in [0.5, 0.6) is 0 Å². The Kier molecular flexibility index (Phi) is 4.84. The number of aromatic nitrogens is 2. The summed E-state index contributed by atoms with van der Waals surface area (Å²) in [6.45, 7) is 6.00. The summed E-state index contributed by atoms with van der Waals surface area (Å²) in [6.07, 6.45) is 4.02. The number of fused-ring (bicyclic) bond motifs is 3. The highest BCUT2D eigenvalue weighted by Gasteiger charge is 2.46. The molecule has 8 heteroatoms. The van der Waals surface area contributed by atoms with E-state index < -0.39 is 6.23 Å². The second kappa shape index (κ2) is 7.94. The number of hydrogen-bond acceptors (Lipinski definition) is 7. The maximum Gasteiger partial charge on any atom is 0.202 e. The Morgan fingerprint density at radius 1 is 1.05 bits per heavy atom. The summed E-state index contributed by atoms with van der Waals surface area (Å²) in [5.41, 5.74) is 14.1. The number of hydrogen-bond donors (Lipinski definition) is 5. The Balaban J connectivity index is 1.12.